The van der Waals surface area contributed by atoms with Crippen LogP contribution in [0.15, 0.2) is 57.9 Å². The van der Waals surface area contributed by atoms with E-state index in [1.807, 2.05) is 19.9 Å². The van der Waals surface area contributed by atoms with Crippen LogP contribution in [-0.4, -0.2) is 91.3 Å². The first-order chi connectivity index (χ1) is 22.3. The lowest BCUT2D eigenvalue weighted by Gasteiger charge is -2.35. The zero-order chi connectivity index (χ0) is 34.3. The van der Waals surface area contributed by atoms with Crippen LogP contribution in [0.3, 0.4) is 0 Å². The molecule has 0 bridgehead atoms. The SMILES string of the molecule is Cc1noc(C)c1S(=O)(=O)N(C)C[C@H]1OCCCC[C@H](C)Oc2ccc(NC(=O)c3ccccc3)cc2C(=O)N([C@@H](C)CO)C[C@H]1C. The third-order valence-corrected chi connectivity index (χ3v) is 10.5. The molecule has 1 aliphatic rings. The molecule has 0 fully saturated rings. The Balaban J connectivity index is 1.66. The molecule has 0 aliphatic carbocycles. The average Bonchev–Trinajstić information content (AvgIpc) is 3.40. The summed E-state index contributed by atoms with van der Waals surface area (Å²) in [5.74, 6) is -0.486. The number of carbonyl (C=O) groups is 2. The molecule has 2 amide bonds. The lowest BCUT2D eigenvalue weighted by molar-refractivity contribution is -0.00835. The number of hydrogen-bond acceptors (Lipinski definition) is 9. The number of aromatic nitrogens is 1. The number of amides is 2. The first-order valence-corrected chi connectivity index (χ1v) is 17.4. The smallest absolute Gasteiger partial charge is 0.258 e. The van der Waals surface area contributed by atoms with Crippen LogP contribution in [0.25, 0.3) is 0 Å². The molecule has 0 radical (unpaired) electrons. The third kappa shape index (κ3) is 8.78. The number of aliphatic hydroxyl groups excluding tert-OH is 1. The van der Waals surface area contributed by atoms with Crippen LogP contribution in [0.1, 0.15) is 72.2 Å². The van der Waals surface area contributed by atoms with Crippen molar-refractivity contribution in [2.75, 3.05) is 38.7 Å². The maximum absolute atomic E-state index is 14.3. The van der Waals surface area contributed by atoms with E-state index >= 15 is 0 Å². The molecule has 2 aromatic carbocycles. The number of carbonyl (C=O) groups excluding carboxylic acids is 2. The molecular weight excluding hydrogens is 624 g/mol. The molecule has 47 heavy (non-hydrogen) atoms. The molecule has 2 heterocycles. The highest BCUT2D eigenvalue weighted by atomic mass is 32.2. The molecule has 2 N–H and O–H groups in total. The Morgan fingerprint density at radius 3 is 2.53 bits per heavy atom. The predicted molar refractivity (Wildman–Crippen MR) is 177 cm³/mol. The van der Waals surface area contributed by atoms with Gasteiger partial charge in [-0.3, -0.25) is 9.59 Å². The van der Waals surface area contributed by atoms with E-state index < -0.39 is 28.1 Å². The second kappa shape index (κ2) is 15.9. The number of aliphatic hydroxyl groups is 1. The van der Waals surface area contributed by atoms with Gasteiger partial charge in [0.25, 0.3) is 11.8 Å². The van der Waals surface area contributed by atoms with Crippen LogP contribution in [0.2, 0.25) is 0 Å². The monoisotopic (exact) mass is 670 g/mol. The zero-order valence-corrected chi connectivity index (χ0v) is 28.7. The van der Waals surface area contributed by atoms with Crippen LogP contribution in [0.5, 0.6) is 5.75 Å². The number of ether oxygens (including phenoxy) is 2. The molecule has 13 heteroatoms. The largest absolute Gasteiger partial charge is 0.490 e. The molecule has 4 rings (SSSR count). The highest BCUT2D eigenvalue weighted by molar-refractivity contribution is 7.89. The Kier molecular flexibility index (Phi) is 12.2. The molecular formula is C34H46N4O8S. The van der Waals surface area contributed by atoms with Gasteiger partial charge in [0.2, 0.25) is 10.0 Å². The van der Waals surface area contributed by atoms with E-state index in [0.717, 1.165) is 12.8 Å². The molecule has 0 saturated carbocycles. The normalized spacial score (nSPS) is 20.6. The van der Waals surface area contributed by atoms with Gasteiger partial charge in [-0.15, -0.1) is 0 Å². The molecule has 1 aliphatic heterocycles. The minimum absolute atomic E-state index is 0.0227. The quantitative estimate of drug-likeness (QED) is 0.349. The summed E-state index contributed by atoms with van der Waals surface area (Å²) in [7, 11) is -2.45. The minimum Gasteiger partial charge on any atom is -0.490 e. The fourth-order valence-electron chi connectivity index (χ4n) is 5.61. The topological polar surface area (TPSA) is 152 Å². The minimum atomic E-state index is -3.94. The van der Waals surface area contributed by atoms with Crippen LogP contribution >= 0.6 is 0 Å². The molecule has 0 spiro atoms. The molecule has 0 unspecified atom stereocenters. The van der Waals surface area contributed by atoms with E-state index in [9.17, 15) is 23.1 Å². The Morgan fingerprint density at radius 1 is 1.15 bits per heavy atom. The van der Waals surface area contributed by atoms with Crippen LogP contribution in [-0.2, 0) is 14.8 Å². The van der Waals surface area contributed by atoms with Crippen molar-refractivity contribution in [2.24, 2.45) is 5.92 Å². The van der Waals surface area contributed by atoms with Gasteiger partial charge in [-0.2, -0.15) is 4.31 Å². The maximum Gasteiger partial charge on any atom is 0.258 e. The van der Waals surface area contributed by atoms with Crippen molar-refractivity contribution in [1.82, 2.24) is 14.4 Å². The summed E-state index contributed by atoms with van der Waals surface area (Å²) in [5.41, 5.74) is 1.40. The van der Waals surface area contributed by atoms with Crippen molar-refractivity contribution in [3.05, 3.63) is 71.1 Å². The summed E-state index contributed by atoms with van der Waals surface area (Å²) in [4.78, 5) is 28.8. The molecule has 256 valence electrons. The van der Waals surface area contributed by atoms with Crippen LogP contribution in [0, 0.1) is 19.8 Å². The highest BCUT2D eigenvalue weighted by Crippen LogP contribution is 2.29. The number of aryl methyl sites for hydroxylation is 2. The van der Waals surface area contributed by atoms with Gasteiger partial charge >= 0.3 is 0 Å². The van der Waals surface area contributed by atoms with Crippen molar-refractivity contribution >= 4 is 27.5 Å². The lowest BCUT2D eigenvalue weighted by Crippen LogP contribution is -2.48. The van der Waals surface area contributed by atoms with Gasteiger partial charge in [-0.05, 0) is 77.3 Å². The fraction of sp³-hybridized carbons (Fsp3) is 0.500. The summed E-state index contributed by atoms with van der Waals surface area (Å²) < 4.78 is 46.0. The Bertz CT molecular complexity index is 1610. The van der Waals surface area contributed by atoms with Gasteiger partial charge in [0.05, 0.1) is 30.4 Å². The first kappa shape index (κ1) is 36.1. The fourth-order valence-corrected chi connectivity index (χ4v) is 7.07. The third-order valence-electron chi connectivity index (χ3n) is 8.42. The van der Waals surface area contributed by atoms with Crippen molar-refractivity contribution in [2.45, 2.75) is 77.0 Å². The first-order valence-electron chi connectivity index (χ1n) is 15.9. The second-order valence-electron chi connectivity index (χ2n) is 12.3. The number of likely N-dealkylation sites (N-methyl/N-ethyl adjacent to an activating group) is 1. The van der Waals surface area contributed by atoms with E-state index in [1.54, 1.807) is 68.1 Å². The van der Waals surface area contributed by atoms with E-state index in [4.69, 9.17) is 14.0 Å². The molecule has 1 aromatic heterocycles. The van der Waals surface area contributed by atoms with Gasteiger partial charge in [0, 0.05) is 43.9 Å². The Labute approximate surface area is 277 Å². The van der Waals surface area contributed by atoms with Crippen LogP contribution < -0.4 is 10.1 Å². The standard InChI is InChI=1S/C34H46N4O8S/c1-22-19-38(23(2)21-39)34(41)29-18-28(35-33(40)27-13-8-7-9-14-27)15-16-30(29)45-24(3)12-10-11-17-44-31(22)20-37(6)47(42,43)32-25(4)36-46-26(32)5/h7-9,13-16,18,22-24,31,39H,10-12,17,19-21H2,1-6H3,(H,35,40)/t22-,23+,24+,31-/m1/s1. The molecule has 4 atom stereocenters. The van der Waals surface area contributed by atoms with E-state index in [1.165, 1.54) is 11.4 Å². The number of nitrogens with one attached hydrogen (secondary N) is 1. The van der Waals surface area contributed by atoms with E-state index in [2.05, 4.69) is 10.5 Å². The second-order valence-corrected chi connectivity index (χ2v) is 14.3. The van der Waals surface area contributed by atoms with E-state index in [-0.39, 0.29) is 59.5 Å². The summed E-state index contributed by atoms with van der Waals surface area (Å²) in [6.07, 6.45) is 1.41. The van der Waals surface area contributed by atoms with Gasteiger partial charge in [0.1, 0.15) is 16.3 Å². The van der Waals surface area contributed by atoms with Crippen molar-refractivity contribution in [1.29, 1.82) is 0 Å². The van der Waals surface area contributed by atoms with E-state index in [0.29, 0.717) is 30.0 Å². The van der Waals surface area contributed by atoms with Gasteiger partial charge in [0.15, 0.2) is 5.76 Å². The number of nitrogens with zero attached hydrogens (tertiary/aromatic N) is 3. The number of fused-ring (bicyclic) bond motifs is 1. The van der Waals surface area contributed by atoms with Crippen LogP contribution in [0.4, 0.5) is 5.69 Å². The number of benzene rings is 2. The highest BCUT2D eigenvalue weighted by Gasteiger charge is 2.34. The maximum atomic E-state index is 14.3. The summed E-state index contributed by atoms with van der Waals surface area (Å²) in [6, 6.07) is 13.2. The molecule has 3 aromatic rings. The number of sulfonamides is 1. The Morgan fingerprint density at radius 2 is 1.87 bits per heavy atom. The average molecular weight is 671 g/mol. The van der Waals surface area contributed by atoms with Gasteiger partial charge in [-0.25, -0.2) is 8.42 Å². The molecule has 0 saturated heterocycles. The molecule has 12 nitrogen and oxygen atoms in total. The summed E-state index contributed by atoms with van der Waals surface area (Å²) >= 11 is 0. The zero-order valence-electron chi connectivity index (χ0n) is 27.9. The number of anilines is 1. The Hall–Kier alpha value is -3.78. The summed E-state index contributed by atoms with van der Waals surface area (Å²) in [6.45, 7) is 8.97. The number of rotatable bonds is 8. The van der Waals surface area contributed by atoms with Crippen molar-refractivity contribution in [3.63, 3.8) is 0 Å². The van der Waals surface area contributed by atoms with Crippen molar-refractivity contribution in [3.8, 4) is 5.75 Å². The van der Waals surface area contributed by atoms with Crippen molar-refractivity contribution < 1.29 is 37.1 Å². The summed E-state index contributed by atoms with van der Waals surface area (Å²) in [5, 5.41) is 16.9. The number of hydrogen-bond donors (Lipinski definition) is 2. The lowest BCUT2D eigenvalue weighted by atomic mass is 10.0. The van der Waals surface area contributed by atoms with Gasteiger partial charge < -0.3 is 29.3 Å². The predicted octanol–water partition coefficient (Wildman–Crippen LogP) is 4.66. The van der Waals surface area contributed by atoms with Gasteiger partial charge in [-0.1, -0.05) is 30.3 Å².